The van der Waals surface area contributed by atoms with Crippen molar-refractivity contribution in [1.29, 1.82) is 0 Å². The van der Waals surface area contributed by atoms with Crippen molar-refractivity contribution in [3.8, 4) is 28.1 Å². The number of likely N-dealkylation sites (N-methyl/N-ethyl adjacent to an activating group) is 1. The van der Waals surface area contributed by atoms with Gasteiger partial charge in [-0.25, -0.2) is 4.85 Å². The van der Waals surface area contributed by atoms with Crippen molar-refractivity contribution < 1.29 is 4.74 Å². The van der Waals surface area contributed by atoms with E-state index in [-0.39, 0.29) is 0 Å². The van der Waals surface area contributed by atoms with Gasteiger partial charge in [-0.1, -0.05) is 49.6 Å². The van der Waals surface area contributed by atoms with E-state index < -0.39 is 0 Å². The fraction of sp³-hybridized carbons (Fsp3) is 0.333. The second-order valence-electron chi connectivity index (χ2n) is 9.86. The highest BCUT2D eigenvalue weighted by molar-refractivity contribution is 6.02. The topological polar surface area (TPSA) is 34.6 Å². The van der Waals surface area contributed by atoms with E-state index in [0.29, 0.717) is 12.3 Å². The Balaban J connectivity index is 1.49. The lowest BCUT2D eigenvalue weighted by molar-refractivity contribution is 0.311. The first-order valence-electron chi connectivity index (χ1n) is 12.7. The number of rotatable bonds is 4. The van der Waals surface area contributed by atoms with Crippen LogP contribution in [0.3, 0.4) is 0 Å². The van der Waals surface area contributed by atoms with Crippen LogP contribution in [0.5, 0.6) is 5.75 Å². The maximum absolute atomic E-state index is 7.35. The highest BCUT2D eigenvalue weighted by Crippen LogP contribution is 2.41. The van der Waals surface area contributed by atoms with Crippen LogP contribution < -0.4 is 9.64 Å². The number of hydrogen-bond acceptors (Lipinski definition) is 3. The van der Waals surface area contributed by atoms with Crippen molar-refractivity contribution in [3.05, 3.63) is 72.3 Å². The van der Waals surface area contributed by atoms with Gasteiger partial charge in [0.1, 0.15) is 12.4 Å². The number of aromatic nitrogens is 2. The van der Waals surface area contributed by atoms with Gasteiger partial charge in [-0.05, 0) is 42.5 Å². The molecule has 0 amide bonds. The number of hydrogen-bond donors (Lipinski definition) is 0. The van der Waals surface area contributed by atoms with Gasteiger partial charge in [-0.15, -0.1) is 0 Å². The van der Waals surface area contributed by atoms with E-state index in [9.17, 15) is 0 Å². The summed E-state index contributed by atoms with van der Waals surface area (Å²) in [6.45, 7) is 9.99. The average molecular weight is 463 g/mol. The van der Waals surface area contributed by atoms with Crippen molar-refractivity contribution in [2.45, 2.75) is 38.6 Å². The Bertz CT molecular complexity index is 1410. The molecule has 2 aromatic carbocycles. The Morgan fingerprint density at radius 2 is 1.83 bits per heavy atom. The standard InChI is InChI=1S/C30H30N4O/c1-31-24-11-8-22(9-12-24)29-25-14-15-34(20-21-6-4-3-5-7-21)27(25)19-32-30(29)23-10-13-26-28(18-23)35-17-16-33(26)2/h8-15,18-19,21H,3-7,16-17,20H2,2H3. The van der Waals surface area contributed by atoms with Gasteiger partial charge in [0.2, 0.25) is 0 Å². The van der Waals surface area contributed by atoms with Crippen LogP contribution in [0.2, 0.25) is 0 Å². The van der Waals surface area contributed by atoms with Gasteiger partial charge < -0.3 is 14.2 Å². The number of ether oxygens (including phenoxy) is 1. The summed E-state index contributed by atoms with van der Waals surface area (Å²) in [5, 5.41) is 1.21. The summed E-state index contributed by atoms with van der Waals surface area (Å²) in [5.41, 5.74) is 7.13. The Morgan fingerprint density at radius 1 is 1.03 bits per heavy atom. The molecule has 0 N–H and O–H groups in total. The molecule has 1 fully saturated rings. The third kappa shape index (κ3) is 4.04. The normalized spacial score (nSPS) is 16.1. The predicted molar refractivity (Wildman–Crippen MR) is 142 cm³/mol. The molecule has 176 valence electrons. The summed E-state index contributed by atoms with van der Waals surface area (Å²) in [6, 6.07) is 16.5. The molecule has 2 aromatic heterocycles. The molecule has 0 atom stereocenters. The monoisotopic (exact) mass is 462 g/mol. The van der Waals surface area contributed by atoms with Crippen LogP contribution in [0, 0.1) is 12.5 Å². The number of nitrogens with zero attached hydrogens (tertiary/aromatic N) is 4. The van der Waals surface area contributed by atoms with Crippen molar-refractivity contribution in [2.75, 3.05) is 25.1 Å². The van der Waals surface area contributed by atoms with Gasteiger partial charge in [-0.2, -0.15) is 0 Å². The summed E-state index contributed by atoms with van der Waals surface area (Å²) >= 11 is 0. The minimum Gasteiger partial charge on any atom is -0.490 e. The molecule has 2 aliphatic rings. The van der Waals surface area contributed by atoms with E-state index in [0.717, 1.165) is 52.8 Å². The van der Waals surface area contributed by atoms with E-state index in [1.54, 1.807) is 0 Å². The zero-order valence-electron chi connectivity index (χ0n) is 20.2. The zero-order chi connectivity index (χ0) is 23.8. The quantitative estimate of drug-likeness (QED) is 0.298. The smallest absolute Gasteiger partial charge is 0.187 e. The molecule has 5 nitrogen and oxygen atoms in total. The third-order valence-corrected chi connectivity index (χ3v) is 7.62. The van der Waals surface area contributed by atoms with Crippen molar-refractivity contribution in [3.63, 3.8) is 0 Å². The Morgan fingerprint density at radius 3 is 2.63 bits per heavy atom. The average Bonchev–Trinajstić information content (AvgIpc) is 3.31. The van der Waals surface area contributed by atoms with Crippen LogP contribution in [0.15, 0.2) is 60.9 Å². The third-order valence-electron chi connectivity index (χ3n) is 7.62. The van der Waals surface area contributed by atoms with Crippen molar-refractivity contribution in [1.82, 2.24) is 9.55 Å². The fourth-order valence-electron chi connectivity index (χ4n) is 5.68. The highest BCUT2D eigenvalue weighted by Gasteiger charge is 2.21. The van der Waals surface area contributed by atoms with Gasteiger partial charge in [0.05, 0.1) is 36.2 Å². The van der Waals surface area contributed by atoms with Gasteiger partial charge >= 0.3 is 0 Å². The summed E-state index contributed by atoms with van der Waals surface area (Å²) in [7, 11) is 2.10. The molecule has 5 heteroatoms. The molecule has 0 bridgehead atoms. The first kappa shape index (κ1) is 21.7. The molecule has 0 unspecified atom stereocenters. The molecular weight excluding hydrogens is 432 g/mol. The van der Waals surface area contributed by atoms with Crippen LogP contribution in [0.25, 0.3) is 38.1 Å². The lowest BCUT2D eigenvalue weighted by Crippen LogP contribution is -2.28. The SMILES string of the molecule is [C-]#[N+]c1ccc(-c2c(-c3ccc4c(c3)OCCN4C)ncc3c2ccn3CC2CCCCC2)cc1. The number of anilines is 1. The number of pyridine rings is 1. The molecule has 0 radical (unpaired) electrons. The summed E-state index contributed by atoms with van der Waals surface area (Å²) in [4.78, 5) is 10.9. The summed E-state index contributed by atoms with van der Waals surface area (Å²) < 4.78 is 8.39. The largest absolute Gasteiger partial charge is 0.490 e. The van der Waals surface area contributed by atoms with Gasteiger partial charge in [0, 0.05) is 36.3 Å². The van der Waals surface area contributed by atoms with Crippen LogP contribution in [-0.2, 0) is 6.54 Å². The molecule has 0 spiro atoms. The molecular formula is C30H30N4O. The van der Waals surface area contributed by atoms with Crippen LogP contribution >= 0.6 is 0 Å². The molecule has 1 aliphatic carbocycles. The summed E-state index contributed by atoms with van der Waals surface area (Å²) in [5.74, 6) is 1.65. The minimum atomic E-state index is 0.649. The van der Waals surface area contributed by atoms with Gasteiger partial charge in [0.15, 0.2) is 5.69 Å². The molecule has 3 heterocycles. The second kappa shape index (κ2) is 9.11. The predicted octanol–water partition coefficient (Wildman–Crippen LogP) is 7.33. The van der Waals surface area contributed by atoms with Crippen LogP contribution in [-0.4, -0.2) is 29.8 Å². The zero-order valence-corrected chi connectivity index (χ0v) is 20.2. The highest BCUT2D eigenvalue weighted by atomic mass is 16.5. The lowest BCUT2D eigenvalue weighted by atomic mass is 9.89. The molecule has 4 aromatic rings. The van der Waals surface area contributed by atoms with Crippen molar-refractivity contribution in [2.24, 2.45) is 5.92 Å². The summed E-state index contributed by atoms with van der Waals surface area (Å²) in [6.07, 6.45) is 11.0. The van der Waals surface area contributed by atoms with Crippen LogP contribution in [0.1, 0.15) is 32.1 Å². The van der Waals surface area contributed by atoms with Gasteiger partial charge in [0.25, 0.3) is 0 Å². The van der Waals surface area contributed by atoms with E-state index >= 15 is 0 Å². The molecule has 1 aliphatic heterocycles. The maximum Gasteiger partial charge on any atom is 0.187 e. The Labute approximate surface area is 206 Å². The fourth-order valence-corrected chi connectivity index (χ4v) is 5.68. The van der Waals surface area contributed by atoms with E-state index in [4.69, 9.17) is 16.3 Å². The Hall–Kier alpha value is -3.78. The van der Waals surface area contributed by atoms with Crippen molar-refractivity contribution >= 4 is 22.3 Å². The first-order valence-corrected chi connectivity index (χ1v) is 12.7. The molecule has 6 rings (SSSR count). The molecule has 0 saturated heterocycles. The van der Waals surface area contributed by atoms with Gasteiger partial charge in [-0.3, -0.25) is 4.98 Å². The molecule has 1 saturated carbocycles. The first-order chi connectivity index (χ1) is 17.2. The van der Waals surface area contributed by atoms with E-state index in [1.807, 2.05) is 18.3 Å². The minimum absolute atomic E-state index is 0.649. The molecule has 35 heavy (non-hydrogen) atoms. The van der Waals surface area contributed by atoms with Crippen LogP contribution in [0.4, 0.5) is 11.4 Å². The van der Waals surface area contributed by atoms with E-state index in [1.165, 1.54) is 43.0 Å². The van der Waals surface area contributed by atoms with E-state index in [2.05, 4.69) is 64.0 Å². The number of fused-ring (bicyclic) bond motifs is 2. The lowest BCUT2D eigenvalue weighted by Gasteiger charge is -2.28. The number of benzene rings is 2. The second-order valence-corrected chi connectivity index (χ2v) is 9.86. The maximum atomic E-state index is 7.35. The Kier molecular flexibility index (Phi) is 5.66.